The van der Waals surface area contributed by atoms with Crippen molar-refractivity contribution < 1.29 is 14.6 Å². The van der Waals surface area contributed by atoms with Crippen LogP contribution >= 0.6 is 31.9 Å². The number of nitrogens with zero attached hydrogens (tertiary/aromatic N) is 2. The van der Waals surface area contributed by atoms with Gasteiger partial charge in [0.15, 0.2) is 5.66 Å². The molecule has 3 N–H and O–H groups in total. The number of benzene rings is 3. The third-order valence-corrected chi connectivity index (χ3v) is 8.58. The number of aliphatic hydroxyl groups excluding tert-OH is 1. The van der Waals surface area contributed by atoms with Crippen LogP contribution in [0.1, 0.15) is 35.7 Å². The second kappa shape index (κ2) is 12.5. The normalized spacial score (nSPS) is 23.6. The zero-order chi connectivity index (χ0) is 27.4. The Morgan fingerprint density at radius 1 is 0.897 bits per heavy atom. The number of para-hydroxylation sites is 1. The largest absolute Gasteiger partial charge is 0.493 e. The van der Waals surface area contributed by atoms with Gasteiger partial charge in [0.05, 0.1) is 25.3 Å². The third kappa shape index (κ3) is 5.94. The fourth-order valence-electron chi connectivity index (χ4n) is 5.57. The lowest BCUT2D eigenvalue weighted by molar-refractivity contribution is -0.141. The molecule has 39 heavy (non-hydrogen) atoms. The molecule has 1 amide bonds. The first-order valence-corrected chi connectivity index (χ1v) is 14.9. The van der Waals surface area contributed by atoms with Crippen LogP contribution in [0.5, 0.6) is 5.75 Å². The third-order valence-electron chi connectivity index (χ3n) is 7.52. The Kier molecular flexibility index (Phi) is 9.06. The van der Waals surface area contributed by atoms with E-state index in [1.807, 2.05) is 60.4 Å². The second-order valence-electron chi connectivity index (χ2n) is 9.88. The molecule has 5 rings (SSSR count). The Balaban J connectivity index is 1.60. The van der Waals surface area contributed by atoms with Crippen molar-refractivity contribution in [1.82, 2.24) is 20.4 Å². The number of ether oxygens (including phenoxy) is 1. The summed E-state index contributed by atoms with van der Waals surface area (Å²) >= 11 is 7.12. The summed E-state index contributed by atoms with van der Waals surface area (Å²) in [7, 11) is 0. The number of piperazine rings is 1. The Bertz CT molecular complexity index is 1210. The first-order chi connectivity index (χ1) is 18.9. The van der Waals surface area contributed by atoms with E-state index in [0.29, 0.717) is 32.0 Å². The maximum Gasteiger partial charge on any atom is 0.262 e. The molecule has 3 aromatic carbocycles. The van der Waals surface area contributed by atoms with E-state index in [2.05, 4.69) is 71.7 Å². The second-order valence-corrected chi connectivity index (χ2v) is 11.7. The van der Waals surface area contributed by atoms with Crippen LogP contribution in [-0.2, 0) is 10.5 Å². The molecular formula is C30H34Br2N4O3. The molecule has 2 saturated heterocycles. The number of nitrogens with one attached hydrogen (secondary N) is 2. The number of aliphatic hydroxyl groups is 1. The van der Waals surface area contributed by atoms with Gasteiger partial charge in [0.2, 0.25) is 0 Å². The number of hydrogen-bond donors (Lipinski definition) is 3. The number of halogens is 2. The summed E-state index contributed by atoms with van der Waals surface area (Å²) in [5, 5.41) is 17.0. The number of β-amino-alcohol motifs (C(OH)–C–C–N with tert-alkyl or cyclic N) is 1. The minimum absolute atomic E-state index is 0.0278. The van der Waals surface area contributed by atoms with E-state index >= 15 is 0 Å². The van der Waals surface area contributed by atoms with Crippen molar-refractivity contribution in [1.29, 1.82) is 0 Å². The first-order valence-electron chi connectivity index (χ1n) is 13.4. The standard InChI is InChI=1S/C30H34Br2N4O3/c1-2-39-26-6-4-3-5-25(26)30(29(38)36-17-15-35(16-18-36)19-20-37)33-27(21-7-11-23(31)12-8-21)28(34-30)22-9-13-24(32)14-10-22/h3-14,27-28,33-34,37H,2,15-20H2,1H3. The molecule has 2 heterocycles. The highest BCUT2D eigenvalue weighted by atomic mass is 79.9. The van der Waals surface area contributed by atoms with Gasteiger partial charge in [-0.1, -0.05) is 74.3 Å². The SMILES string of the molecule is CCOc1ccccc1C1(C(=O)N2CCN(CCO)CC2)NC(c2ccc(Br)cc2)C(c2ccc(Br)cc2)N1. The van der Waals surface area contributed by atoms with Crippen molar-refractivity contribution in [2.45, 2.75) is 24.7 Å². The molecule has 2 aliphatic heterocycles. The average molecular weight is 658 g/mol. The van der Waals surface area contributed by atoms with Crippen molar-refractivity contribution in [2.24, 2.45) is 0 Å². The van der Waals surface area contributed by atoms with E-state index < -0.39 is 5.66 Å². The van der Waals surface area contributed by atoms with Crippen LogP contribution in [0.25, 0.3) is 0 Å². The summed E-state index contributed by atoms with van der Waals surface area (Å²) in [6.45, 7) is 5.81. The van der Waals surface area contributed by atoms with Gasteiger partial charge in [0.25, 0.3) is 5.91 Å². The predicted octanol–water partition coefficient (Wildman–Crippen LogP) is 4.58. The summed E-state index contributed by atoms with van der Waals surface area (Å²) in [5.41, 5.74) is 1.72. The molecule has 0 bridgehead atoms. The maximum absolute atomic E-state index is 14.7. The van der Waals surface area contributed by atoms with Crippen LogP contribution in [0.4, 0.5) is 0 Å². The lowest BCUT2D eigenvalue weighted by Crippen LogP contribution is -2.62. The van der Waals surface area contributed by atoms with Gasteiger partial charge in [-0.15, -0.1) is 0 Å². The molecule has 3 aromatic rings. The van der Waals surface area contributed by atoms with Crippen LogP contribution in [0.3, 0.4) is 0 Å². The van der Waals surface area contributed by atoms with Gasteiger partial charge in [-0.3, -0.25) is 20.3 Å². The molecule has 0 aliphatic carbocycles. The van der Waals surface area contributed by atoms with Crippen molar-refractivity contribution in [3.8, 4) is 5.75 Å². The highest BCUT2D eigenvalue weighted by molar-refractivity contribution is 9.10. The lowest BCUT2D eigenvalue weighted by atomic mass is 9.95. The molecule has 0 aromatic heterocycles. The van der Waals surface area contributed by atoms with Crippen LogP contribution < -0.4 is 15.4 Å². The summed E-state index contributed by atoms with van der Waals surface area (Å²) < 4.78 is 8.08. The molecule has 2 fully saturated rings. The molecule has 9 heteroatoms. The van der Waals surface area contributed by atoms with E-state index in [4.69, 9.17) is 4.74 Å². The molecular weight excluding hydrogens is 624 g/mol. The average Bonchev–Trinajstić information content (AvgIpc) is 3.36. The van der Waals surface area contributed by atoms with Crippen LogP contribution in [0, 0.1) is 0 Å². The number of carbonyl (C=O) groups excluding carboxylic acids is 1. The summed E-state index contributed by atoms with van der Waals surface area (Å²) in [6.07, 6.45) is 0. The smallest absolute Gasteiger partial charge is 0.262 e. The highest BCUT2D eigenvalue weighted by Gasteiger charge is 2.54. The Morgan fingerprint density at radius 2 is 1.44 bits per heavy atom. The minimum Gasteiger partial charge on any atom is -0.493 e. The number of carbonyl (C=O) groups is 1. The van der Waals surface area contributed by atoms with Gasteiger partial charge in [0, 0.05) is 47.2 Å². The summed E-state index contributed by atoms with van der Waals surface area (Å²) in [6, 6.07) is 23.9. The fraction of sp³-hybridized carbons (Fsp3) is 0.367. The topological polar surface area (TPSA) is 77.1 Å². The molecule has 206 valence electrons. The molecule has 7 nitrogen and oxygen atoms in total. The zero-order valence-corrected chi connectivity index (χ0v) is 25.1. The van der Waals surface area contributed by atoms with Crippen molar-refractivity contribution >= 4 is 37.8 Å². The van der Waals surface area contributed by atoms with Gasteiger partial charge in [-0.05, 0) is 48.4 Å². The predicted molar refractivity (Wildman–Crippen MR) is 159 cm³/mol. The van der Waals surface area contributed by atoms with E-state index in [1.54, 1.807) is 0 Å². The van der Waals surface area contributed by atoms with Gasteiger partial charge < -0.3 is 14.7 Å². The van der Waals surface area contributed by atoms with Crippen molar-refractivity contribution in [3.63, 3.8) is 0 Å². The minimum atomic E-state index is -1.21. The fourth-order valence-corrected chi connectivity index (χ4v) is 6.10. The van der Waals surface area contributed by atoms with Crippen LogP contribution in [-0.4, -0.2) is 66.8 Å². The van der Waals surface area contributed by atoms with E-state index in [-0.39, 0.29) is 24.6 Å². The maximum atomic E-state index is 14.7. The van der Waals surface area contributed by atoms with Gasteiger partial charge in [-0.2, -0.15) is 0 Å². The van der Waals surface area contributed by atoms with Gasteiger partial charge >= 0.3 is 0 Å². The Labute approximate surface area is 246 Å². The molecule has 0 radical (unpaired) electrons. The number of rotatable bonds is 8. The molecule has 2 unspecified atom stereocenters. The number of hydrogen-bond acceptors (Lipinski definition) is 6. The summed E-state index contributed by atoms with van der Waals surface area (Å²) in [4.78, 5) is 18.8. The lowest BCUT2D eigenvalue weighted by Gasteiger charge is -2.40. The van der Waals surface area contributed by atoms with E-state index in [1.165, 1.54) is 0 Å². The Morgan fingerprint density at radius 3 is 1.95 bits per heavy atom. The molecule has 0 saturated carbocycles. The molecule has 2 atom stereocenters. The van der Waals surface area contributed by atoms with Gasteiger partial charge in [0.1, 0.15) is 5.75 Å². The van der Waals surface area contributed by atoms with Crippen LogP contribution in [0.15, 0.2) is 81.7 Å². The summed E-state index contributed by atoms with van der Waals surface area (Å²) in [5.74, 6) is 0.651. The highest BCUT2D eigenvalue weighted by Crippen LogP contribution is 2.44. The molecule has 0 spiro atoms. The first kappa shape index (κ1) is 28.3. The van der Waals surface area contributed by atoms with Crippen LogP contribution in [0.2, 0.25) is 0 Å². The Hall–Kier alpha value is -2.27. The zero-order valence-electron chi connectivity index (χ0n) is 21.9. The molecule has 2 aliphatic rings. The van der Waals surface area contributed by atoms with Crippen molar-refractivity contribution in [2.75, 3.05) is 45.9 Å². The van der Waals surface area contributed by atoms with E-state index in [9.17, 15) is 9.90 Å². The number of amides is 1. The van der Waals surface area contributed by atoms with E-state index in [0.717, 1.165) is 38.7 Å². The quantitative estimate of drug-likeness (QED) is 0.330. The van der Waals surface area contributed by atoms with Gasteiger partial charge in [-0.25, -0.2) is 0 Å². The monoisotopic (exact) mass is 656 g/mol. The van der Waals surface area contributed by atoms with Crippen molar-refractivity contribution in [3.05, 3.63) is 98.4 Å².